The number of benzene rings is 2. The summed E-state index contributed by atoms with van der Waals surface area (Å²) in [6.45, 7) is 0.532. The van der Waals surface area contributed by atoms with Gasteiger partial charge in [-0.25, -0.2) is 9.67 Å². The van der Waals surface area contributed by atoms with Crippen molar-refractivity contribution in [1.82, 2.24) is 19.7 Å². The van der Waals surface area contributed by atoms with Gasteiger partial charge in [0.2, 0.25) is 11.5 Å². The van der Waals surface area contributed by atoms with Crippen molar-refractivity contribution in [2.75, 3.05) is 5.32 Å². The second kappa shape index (κ2) is 7.16. The molecule has 2 N–H and O–H groups in total. The Morgan fingerprint density at radius 2 is 1.93 bits per heavy atom. The van der Waals surface area contributed by atoms with E-state index in [1.54, 1.807) is 29.2 Å². The summed E-state index contributed by atoms with van der Waals surface area (Å²) in [5, 5.41) is 7.58. The summed E-state index contributed by atoms with van der Waals surface area (Å²) in [6, 6.07) is 16.3. The van der Waals surface area contributed by atoms with E-state index in [9.17, 15) is 9.59 Å². The summed E-state index contributed by atoms with van der Waals surface area (Å²) in [4.78, 5) is 31.3. The van der Waals surface area contributed by atoms with Gasteiger partial charge in [-0.1, -0.05) is 46.3 Å². The molecule has 0 radical (unpaired) electrons. The maximum absolute atomic E-state index is 12.6. The predicted molar refractivity (Wildman–Crippen MR) is 106 cm³/mol. The first-order valence-electron chi connectivity index (χ1n) is 8.16. The van der Waals surface area contributed by atoms with E-state index in [-0.39, 0.29) is 17.1 Å². The average Bonchev–Trinajstić information content (AvgIpc) is 3.09. The molecule has 0 saturated heterocycles. The van der Waals surface area contributed by atoms with E-state index in [2.05, 4.69) is 36.3 Å². The second-order valence-corrected chi connectivity index (χ2v) is 6.85. The molecule has 0 aliphatic heterocycles. The van der Waals surface area contributed by atoms with E-state index in [0.29, 0.717) is 17.4 Å². The third-order valence-electron chi connectivity index (χ3n) is 4.01. The third kappa shape index (κ3) is 3.80. The minimum atomic E-state index is -0.432. The van der Waals surface area contributed by atoms with Crippen LogP contribution in [0.3, 0.4) is 0 Å². The largest absolute Gasteiger partial charge is 0.322 e. The summed E-state index contributed by atoms with van der Waals surface area (Å²) in [5.74, 6) is -0.250. The molecule has 2 heterocycles. The highest BCUT2D eigenvalue weighted by atomic mass is 79.9. The highest BCUT2D eigenvalue weighted by molar-refractivity contribution is 9.10. The summed E-state index contributed by atoms with van der Waals surface area (Å²) in [5.41, 5.74) is 1.59. The number of para-hydroxylation sites is 1. The van der Waals surface area contributed by atoms with E-state index < -0.39 is 5.91 Å². The Morgan fingerprint density at radius 1 is 1.15 bits per heavy atom. The van der Waals surface area contributed by atoms with Gasteiger partial charge in [-0.15, -0.1) is 5.10 Å². The molecule has 2 aromatic heterocycles. The van der Waals surface area contributed by atoms with Crippen LogP contribution in [0.15, 0.2) is 70.2 Å². The lowest BCUT2D eigenvalue weighted by atomic mass is 10.1. The van der Waals surface area contributed by atoms with Crippen LogP contribution in [-0.2, 0) is 6.54 Å². The molecule has 27 heavy (non-hydrogen) atoms. The molecule has 0 saturated carbocycles. The lowest BCUT2D eigenvalue weighted by Gasteiger charge is -2.05. The number of aromatic amines is 1. The maximum Gasteiger partial charge on any atom is 0.258 e. The summed E-state index contributed by atoms with van der Waals surface area (Å²) in [7, 11) is 0. The van der Waals surface area contributed by atoms with Crippen LogP contribution < -0.4 is 10.9 Å². The first kappa shape index (κ1) is 17.2. The summed E-state index contributed by atoms with van der Waals surface area (Å²) >= 11 is 3.40. The van der Waals surface area contributed by atoms with Gasteiger partial charge in [-0.3, -0.25) is 14.9 Å². The molecule has 0 aliphatic rings. The van der Waals surface area contributed by atoms with Crippen LogP contribution in [0.1, 0.15) is 15.9 Å². The lowest BCUT2D eigenvalue weighted by molar-refractivity contribution is 0.102. The third-order valence-corrected chi connectivity index (χ3v) is 4.54. The zero-order chi connectivity index (χ0) is 18.8. The Balaban J connectivity index is 1.55. The first-order chi connectivity index (χ1) is 13.1. The van der Waals surface area contributed by atoms with Crippen molar-refractivity contribution >= 4 is 38.7 Å². The first-order valence-corrected chi connectivity index (χ1v) is 8.95. The Labute approximate surface area is 162 Å². The molecular weight excluding hydrogens is 410 g/mol. The summed E-state index contributed by atoms with van der Waals surface area (Å²) < 4.78 is 2.64. The van der Waals surface area contributed by atoms with Crippen LogP contribution in [0.5, 0.6) is 0 Å². The van der Waals surface area contributed by atoms with Crippen molar-refractivity contribution < 1.29 is 4.79 Å². The van der Waals surface area contributed by atoms with Crippen LogP contribution in [0.2, 0.25) is 0 Å². The van der Waals surface area contributed by atoms with Gasteiger partial charge < -0.3 is 4.98 Å². The number of hydrogen-bond acceptors (Lipinski definition) is 4. The number of nitrogens with zero attached hydrogens (tertiary/aromatic N) is 3. The molecule has 4 aromatic rings. The highest BCUT2D eigenvalue weighted by Crippen LogP contribution is 2.16. The maximum atomic E-state index is 12.6. The van der Waals surface area contributed by atoms with Gasteiger partial charge >= 0.3 is 0 Å². The minimum absolute atomic E-state index is 0.182. The molecule has 0 bridgehead atoms. The molecule has 0 aliphatic carbocycles. The molecule has 134 valence electrons. The number of H-pyrrole nitrogens is 1. The van der Waals surface area contributed by atoms with Gasteiger partial charge in [-0.2, -0.15) is 0 Å². The van der Waals surface area contributed by atoms with E-state index in [4.69, 9.17) is 0 Å². The number of fused-ring (bicyclic) bond motifs is 1. The van der Waals surface area contributed by atoms with Crippen LogP contribution >= 0.6 is 15.9 Å². The molecule has 0 unspecified atom stereocenters. The van der Waals surface area contributed by atoms with Gasteiger partial charge in [-0.05, 0) is 23.8 Å². The van der Waals surface area contributed by atoms with Crippen LogP contribution in [0.25, 0.3) is 10.9 Å². The smallest absolute Gasteiger partial charge is 0.258 e. The van der Waals surface area contributed by atoms with Crippen molar-refractivity contribution in [3.05, 3.63) is 86.9 Å². The van der Waals surface area contributed by atoms with Gasteiger partial charge in [0.15, 0.2) is 0 Å². The van der Waals surface area contributed by atoms with Crippen LogP contribution in [-0.4, -0.2) is 25.7 Å². The topological polar surface area (TPSA) is 92.7 Å². The standard InChI is InChI=1S/C19H14BrN5O2/c20-13-7-5-12(6-8-13)10-25-11-21-19(24-25)23-18(27)15-9-17(26)22-16-4-2-1-3-14(15)16/h1-9,11H,10H2,(H,22,26)(H,23,24,27). The number of aromatic nitrogens is 4. The number of anilines is 1. The minimum Gasteiger partial charge on any atom is -0.322 e. The number of carbonyl (C=O) groups is 1. The fourth-order valence-electron chi connectivity index (χ4n) is 2.77. The molecule has 0 atom stereocenters. The zero-order valence-electron chi connectivity index (χ0n) is 14.0. The van der Waals surface area contributed by atoms with Crippen molar-refractivity contribution in [3.63, 3.8) is 0 Å². The molecule has 0 fully saturated rings. The SMILES string of the molecule is O=C(Nc1ncn(Cc2ccc(Br)cc2)n1)c1cc(=O)[nH]c2ccccc12. The number of rotatable bonds is 4. The Hall–Kier alpha value is -3.26. The van der Waals surface area contributed by atoms with E-state index in [0.717, 1.165) is 10.0 Å². The number of amides is 1. The van der Waals surface area contributed by atoms with Gasteiger partial charge in [0.05, 0.1) is 12.1 Å². The molecule has 0 spiro atoms. The molecule has 8 heteroatoms. The van der Waals surface area contributed by atoms with E-state index >= 15 is 0 Å². The fourth-order valence-corrected chi connectivity index (χ4v) is 3.03. The lowest BCUT2D eigenvalue weighted by Crippen LogP contribution is -2.17. The Bertz CT molecular complexity index is 1180. The van der Waals surface area contributed by atoms with Crippen molar-refractivity contribution in [1.29, 1.82) is 0 Å². The molecule has 2 aromatic carbocycles. The molecule has 4 rings (SSSR count). The monoisotopic (exact) mass is 423 g/mol. The summed E-state index contributed by atoms with van der Waals surface area (Å²) in [6.07, 6.45) is 1.55. The van der Waals surface area contributed by atoms with Crippen molar-refractivity contribution in [2.45, 2.75) is 6.54 Å². The normalized spacial score (nSPS) is 10.9. The number of halogens is 1. The van der Waals surface area contributed by atoms with E-state index in [1.807, 2.05) is 30.3 Å². The second-order valence-electron chi connectivity index (χ2n) is 5.94. The molecule has 7 nitrogen and oxygen atoms in total. The fraction of sp³-hybridized carbons (Fsp3) is 0.0526. The number of pyridine rings is 1. The average molecular weight is 424 g/mol. The van der Waals surface area contributed by atoms with Crippen LogP contribution in [0.4, 0.5) is 5.95 Å². The van der Waals surface area contributed by atoms with Crippen LogP contribution in [0, 0.1) is 0 Å². The van der Waals surface area contributed by atoms with Gasteiger partial charge in [0.1, 0.15) is 6.33 Å². The Kier molecular flexibility index (Phi) is 4.55. The highest BCUT2D eigenvalue weighted by Gasteiger charge is 2.14. The predicted octanol–water partition coefficient (Wildman–Crippen LogP) is 3.18. The number of nitrogens with one attached hydrogen (secondary N) is 2. The molecular formula is C19H14BrN5O2. The van der Waals surface area contributed by atoms with Gasteiger partial charge in [0, 0.05) is 21.4 Å². The Morgan fingerprint density at radius 3 is 2.74 bits per heavy atom. The molecule has 1 amide bonds. The van der Waals surface area contributed by atoms with Gasteiger partial charge in [0.25, 0.3) is 5.91 Å². The number of hydrogen-bond donors (Lipinski definition) is 2. The van der Waals surface area contributed by atoms with E-state index in [1.165, 1.54) is 6.07 Å². The number of carbonyl (C=O) groups excluding carboxylic acids is 1. The quantitative estimate of drug-likeness (QED) is 0.527. The zero-order valence-corrected chi connectivity index (χ0v) is 15.6. The van der Waals surface area contributed by atoms with Crippen molar-refractivity contribution in [2.24, 2.45) is 0 Å². The van der Waals surface area contributed by atoms with Crippen molar-refractivity contribution in [3.8, 4) is 0 Å².